The number of nitrogens with zero attached hydrogens (tertiary/aromatic N) is 10. The van der Waals surface area contributed by atoms with E-state index < -0.39 is 35.3 Å². The van der Waals surface area contributed by atoms with Gasteiger partial charge in [-0.25, -0.2) is 39.3 Å². The van der Waals surface area contributed by atoms with Gasteiger partial charge >= 0.3 is 12.4 Å². The van der Waals surface area contributed by atoms with Crippen molar-refractivity contribution < 1.29 is 35.9 Å². The van der Waals surface area contributed by atoms with E-state index in [1.807, 2.05) is 9.36 Å². The molecule has 4 atom stereocenters. The van der Waals surface area contributed by atoms with Gasteiger partial charge < -0.3 is 32.7 Å². The summed E-state index contributed by atoms with van der Waals surface area (Å²) in [6.45, 7) is 5.79. The molecule has 0 spiro atoms. The highest BCUT2D eigenvalue weighted by Crippen LogP contribution is 2.36. The second-order valence-electron chi connectivity index (χ2n) is 17.5. The Bertz CT molecular complexity index is 3040. The molecule has 2 fully saturated rings. The first-order valence-electron chi connectivity index (χ1n) is 22.8. The van der Waals surface area contributed by atoms with Crippen LogP contribution in [0.1, 0.15) is 83.5 Å². The van der Waals surface area contributed by atoms with Crippen LogP contribution in [0.4, 0.5) is 49.6 Å². The van der Waals surface area contributed by atoms with Crippen LogP contribution >= 0.6 is 0 Å². The summed E-state index contributed by atoms with van der Waals surface area (Å²) < 4.78 is 81.4. The summed E-state index contributed by atoms with van der Waals surface area (Å²) in [4.78, 5) is 50.0. The van der Waals surface area contributed by atoms with Crippen LogP contribution in [0.15, 0.2) is 97.8 Å². The van der Waals surface area contributed by atoms with E-state index in [0.717, 1.165) is 75.4 Å². The molecule has 6 aromatic heterocycles. The lowest BCUT2D eigenvalue weighted by molar-refractivity contribution is -0.138. The predicted octanol–water partition coefficient (Wildman–Crippen LogP) is 8.11. The van der Waals surface area contributed by atoms with Crippen LogP contribution < -0.4 is 32.7 Å². The van der Waals surface area contributed by atoms with Crippen molar-refractivity contribution in [2.24, 2.45) is 0 Å². The van der Waals surface area contributed by atoms with Gasteiger partial charge in [0.2, 0.25) is 0 Å². The molecule has 0 aliphatic carbocycles. The van der Waals surface area contributed by atoms with Crippen LogP contribution in [0.2, 0.25) is 0 Å². The third-order valence-electron chi connectivity index (χ3n) is 12.5. The van der Waals surface area contributed by atoms with E-state index in [1.54, 1.807) is 48.5 Å². The summed E-state index contributed by atoms with van der Waals surface area (Å²) >= 11 is 0. The predicted molar refractivity (Wildman–Crippen MR) is 256 cm³/mol. The number of rotatable bonds is 8. The monoisotopic (exact) mass is 992 g/mol. The van der Waals surface area contributed by atoms with Crippen molar-refractivity contribution in [1.82, 2.24) is 60.1 Å². The van der Waals surface area contributed by atoms with Crippen molar-refractivity contribution in [2.75, 3.05) is 35.2 Å². The molecule has 2 saturated heterocycles. The van der Waals surface area contributed by atoms with Crippen LogP contribution in [0.25, 0.3) is 44.6 Å². The van der Waals surface area contributed by atoms with E-state index >= 15 is 0 Å². The van der Waals surface area contributed by atoms with Gasteiger partial charge in [0.25, 0.3) is 11.8 Å². The van der Waals surface area contributed by atoms with Gasteiger partial charge in [-0.3, -0.25) is 9.59 Å². The lowest BCUT2D eigenvalue weighted by Crippen LogP contribution is -2.38. The molecule has 2 aliphatic heterocycles. The van der Waals surface area contributed by atoms with Crippen molar-refractivity contribution in [3.63, 3.8) is 0 Å². The van der Waals surface area contributed by atoms with Crippen molar-refractivity contribution in [3.8, 4) is 22.5 Å². The molecule has 2 aromatic carbocycles. The normalized spacial score (nSPS) is 18.3. The highest BCUT2D eigenvalue weighted by atomic mass is 19.4. The Labute approximate surface area is 406 Å². The number of hydrogen-bond donors (Lipinski definition) is 6. The minimum absolute atomic E-state index is 0.108. The number of nitrogens with one attached hydrogen (secondary N) is 4. The summed E-state index contributed by atoms with van der Waals surface area (Å²) in [6.07, 6.45) is -0.355. The molecule has 8 N–H and O–H groups in total. The number of nitrogens with two attached hydrogens (primary N) is 2. The maximum absolute atomic E-state index is 12.9. The first-order chi connectivity index (χ1) is 34.4. The van der Waals surface area contributed by atoms with Crippen LogP contribution in [0.5, 0.6) is 0 Å². The van der Waals surface area contributed by atoms with Crippen molar-refractivity contribution in [2.45, 2.75) is 76.1 Å². The van der Waals surface area contributed by atoms with Crippen molar-refractivity contribution in [1.29, 1.82) is 0 Å². The Kier molecular flexibility index (Phi) is 13.5. The van der Waals surface area contributed by atoms with E-state index in [1.165, 1.54) is 12.7 Å². The molecule has 8 aromatic rings. The van der Waals surface area contributed by atoms with E-state index in [0.29, 0.717) is 68.3 Å². The lowest BCUT2D eigenvalue weighted by Gasteiger charge is -2.27. The number of alkyl halides is 6. The number of piperidine rings is 2. The highest BCUT2D eigenvalue weighted by Gasteiger charge is 2.33. The Hall–Kier alpha value is -8.12. The SMILES string of the molecule is C[C@@H]1CCC(n2nc(-c3ccc(C(=O)Nc4cc(C(F)(F)F)ccn4)cc3)c3c(N)ncnc32)CN1.C[C@H]1CCC(n2nc(-c3ccc(C(=O)Nc4cc(C(F)(F)F)ccn4)cc3)c3c(N)ncnc32)CN1. The van der Waals surface area contributed by atoms with Gasteiger partial charge in [-0.1, -0.05) is 24.3 Å². The highest BCUT2D eigenvalue weighted by molar-refractivity contribution is 6.06. The number of pyridine rings is 2. The molecule has 0 bridgehead atoms. The first kappa shape index (κ1) is 48.9. The Morgan fingerprint density at radius 2 is 0.958 bits per heavy atom. The molecule has 72 heavy (non-hydrogen) atoms. The molecule has 372 valence electrons. The molecule has 2 unspecified atom stereocenters. The molecule has 2 aliphatic rings. The summed E-state index contributed by atoms with van der Waals surface area (Å²) in [5.74, 6) is -0.956. The minimum Gasteiger partial charge on any atom is -0.383 e. The number of carbonyl (C=O) groups excluding carboxylic acids is 2. The van der Waals surface area contributed by atoms with Gasteiger partial charge in [0.1, 0.15) is 47.3 Å². The zero-order valence-corrected chi connectivity index (χ0v) is 38.5. The van der Waals surface area contributed by atoms with Gasteiger partial charge in [0.05, 0.1) is 34.0 Å². The standard InChI is InChI=1S/2C24H23F3N8O/c2*1-13-2-7-17(11-30-13)35-22-19(21(28)31-12-32-22)20(34-35)14-3-5-15(6-4-14)23(36)33-18-10-16(8-9-29-18)24(25,26)27/h2*3-6,8-10,12-13,17,30H,2,7,11H2,1H3,(H2,28,31,32)(H,29,33,36)/t2*13-,17?/m10/s1. The summed E-state index contributed by atoms with van der Waals surface area (Å²) in [5, 5.41) is 22.6. The average molecular weight is 993 g/mol. The van der Waals surface area contributed by atoms with Crippen LogP contribution in [-0.4, -0.2) is 86.5 Å². The molecular formula is C48H46F6N16O2. The number of amides is 2. The molecule has 8 heterocycles. The molecule has 18 nitrogen and oxygen atoms in total. The van der Waals surface area contributed by atoms with Crippen LogP contribution in [-0.2, 0) is 12.4 Å². The number of nitrogen functional groups attached to an aromatic ring is 2. The lowest BCUT2D eigenvalue weighted by atomic mass is 10.0. The number of anilines is 4. The summed E-state index contributed by atoms with van der Waals surface area (Å²) in [6, 6.07) is 17.4. The maximum atomic E-state index is 12.9. The fourth-order valence-electron chi connectivity index (χ4n) is 8.58. The van der Waals surface area contributed by atoms with Gasteiger partial charge in [0.15, 0.2) is 11.3 Å². The van der Waals surface area contributed by atoms with Gasteiger partial charge in [-0.05, 0) is 88.1 Å². The number of aromatic nitrogens is 10. The Morgan fingerprint density at radius 3 is 1.31 bits per heavy atom. The molecule has 0 saturated carbocycles. The number of carbonyl (C=O) groups is 2. The third-order valence-corrected chi connectivity index (χ3v) is 12.5. The van der Waals surface area contributed by atoms with Crippen molar-refractivity contribution >= 4 is 57.2 Å². The Balaban J connectivity index is 0.000000178. The molecule has 10 rings (SSSR count). The average Bonchev–Trinajstić information content (AvgIpc) is 3.96. The van der Waals surface area contributed by atoms with E-state index in [4.69, 9.17) is 21.7 Å². The smallest absolute Gasteiger partial charge is 0.383 e. The second kappa shape index (κ2) is 19.9. The third kappa shape index (κ3) is 10.5. The molecule has 2 amide bonds. The fourth-order valence-corrected chi connectivity index (χ4v) is 8.58. The second-order valence-corrected chi connectivity index (χ2v) is 17.5. The van der Waals surface area contributed by atoms with Crippen LogP contribution in [0.3, 0.4) is 0 Å². The quantitative estimate of drug-likeness (QED) is 0.0788. The summed E-state index contributed by atoms with van der Waals surface area (Å²) in [7, 11) is 0. The molecule has 0 radical (unpaired) electrons. The zero-order chi connectivity index (χ0) is 50.9. The minimum atomic E-state index is -4.53. The van der Waals surface area contributed by atoms with Gasteiger partial charge in [0, 0.05) is 59.8 Å². The Morgan fingerprint density at radius 1 is 0.569 bits per heavy atom. The van der Waals surface area contributed by atoms with Gasteiger partial charge in [-0.2, -0.15) is 36.5 Å². The topological polar surface area (TPSA) is 247 Å². The van der Waals surface area contributed by atoms with E-state index in [2.05, 4.69) is 65.0 Å². The molecule has 24 heteroatoms. The maximum Gasteiger partial charge on any atom is 0.416 e. The fraction of sp³-hybridized carbons (Fsp3) is 0.292. The van der Waals surface area contributed by atoms with E-state index in [9.17, 15) is 35.9 Å². The largest absolute Gasteiger partial charge is 0.416 e. The molecular weight excluding hydrogens is 947 g/mol. The van der Waals surface area contributed by atoms with E-state index in [-0.39, 0.29) is 34.8 Å². The number of fused-ring (bicyclic) bond motifs is 2. The first-order valence-corrected chi connectivity index (χ1v) is 22.8. The van der Waals surface area contributed by atoms with Crippen molar-refractivity contribution in [3.05, 3.63) is 120 Å². The van der Waals surface area contributed by atoms with Gasteiger partial charge in [-0.15, -0.1) is 0 Å². The number of benzene rings is 2. The zero-order valence-electron chi connectivity index (χ0n) is 38.5. The summed E-state index contributed by atoms with van der Waals surface area (Å²) in [5.41, 5.74) is 14.9. The van der Waals surface area contributed by atoms with Crippen LogP contribution in [0, 0.1) is 0 Å². The number of halogens is 6. The number of hydrogen-bond acceptors (Lipinski definition) is 14.